The minimum atomic E-state index is -4.54. The molecule has 0 unspecified atom stereocenters. The second-order valence-electron chi connectivity index (χ2n) is 3.49. The van der Waals surface area contributed by atoms with Gasteiger partial charge in [-0.25, -0.2) is 14.8 Å². The highest BCUT2D eigenvalue weighted by Crippen LogP contribution is 2.19. The largest absolute Gasteiger partial charge is 0.408 e. The van der Waals surface area contributed by atoms with E-state index in [2.05, 4.69) is 16.8 Å². The molecule has 104 valence electrons. The molecular formula is C10H10F3IN4O. The third kappa shape index (κ3) is 4.65. The first-order valence-corrected chi connectivity index (χ1v) is 6.02. The van der Waals surface area contributed by atoms with Crippen molar-refractivity contribution >= 4 is 41.2 Å². The number of aromatic nitrogens is 1. The van der Waals surface area contributed by atoms with Crippen LogP contribution in [0, 0.1) is 3.57 Å². The van der Waals surface area contributed by atoms with Gasteiger partial charge in [-0.2, -0.15) is 18.3 Å². The van der Waals surface area contributed by atoms with Gasteiger partial charge in [-0.1, -0.05) is 0 Å². The van der Waals surface area contributed by atoms with Crippen LogP contribution in [-0.4, -0.2) is 42.5 Å². The van der Waals surface area contributed by atoms with E-state index in [-0.39, 0.29) is 10.8 Å². The predicted molar refractivity (Wildman–Crippen MR) is 73.1 cm³/mol. The monoisotopic (exact) mass is 386 g/mol. The van der Waals surface area contributed by atoms with Crippen LogP contribution in [-0.2, 0) is 0 Å². The zero-order chi connectivity index (χ0) is 14.6. The molecule has 0 fully saturated rings. The molecule has 0 saturated carbocycles. The molecule has 1 aromatic rings. The zero-order valence-corrected chi connectivity index (χ0v) is 12.0. The highest BCUT2D eigenvalue weighted by molar-refractivity contribution is 14.1. The fraction of sp³-hybridized carbons (Fsp3) is 0.300. The Labute approximate surface area is 121 Å². The summed E-state index contributed by atoms with van der Waals surface area (Å²) >= 11 is 2.02. The number of pyridine rings is 1. The molecule has 0 aliphatic carbocycles. The number of hydrogen-bond acceptors (Lipinski definition) is 3. The lowest BCUT2D eigenvalue weighted by atomic mass is 10.4. The first kappa shape index (κ1) is 15.7. The van der Waals surface area contributed by atoms with Crippen LogP contribution in [0.5, 0.6) is 0 Å². The van der Waals surface area contributed by atoms with Gasteiger partial charge in [0.15, 0.2) is 0 Å². The van der Waals surface area contributed by atoms with E-state index in [0.717, 1.165) is 8.47 Å². The number of amides is 2. The number of halogens is 4. The number of rotatable bonds is 3. The quantitative estimate of drug-likeness (QED) is 0.456. The van der Waals surface area contributed by atoms with Crippen LogP contribution in [0.1, 0.15) is 0 Å². The molecule has 1 aromatic heterocycles. The van der Waals surface area contributed by atoms with Crippen LogP contribution in [0.4, 0.5) is 23.8 Å². The van der Waals surface area contributed by atoms with Crippen molar-refractivity contribution in [1.29, 1.82) is 0 Å². The lowest BCUT2D eigenvalue weighted by Gasteiger charge is -2.24. The highest BCUT2D eigenvalue weighted by Gasteiger charge is 2.34. The summed E-state index contributed by atoms with van der Waals surface area (Å²) in [6.45, 7) is 1.47. The van der Waals surface area contributed by atoms with E-state index in [1.54, 1.807) is 6.07 Å². The second-order valence-corrected chi connectivity index (χ2v) is 4.74. The van der Waals surface area contributed by atoms with E-state index in [1.807, 2.05) is 22.6 Å². The molecular weight excluding hydrogens is 376 g/mol. The molecule has 0 spiro atoms. The lowest BCUT2D eigenvalue weighted by molar-refractivity contribution is -0.139. The molecule has 0 aliphatic heterocycles. The third-order valence-corrected chi connectivity index (χ3v) is 2.70. The number of nitrogens with zero attached hydrogens (tertiary/aromatic N) is 4. The molecule has 0 aliphatic rings. The summed E-state index contributed by atoms with van der Waals surface area (Å²) < 4.78 is 37.6. The van der Waals surface area contributed by atoms with Gasteiger partial charge in [0.25, 0.3) is 0 Å². The molecule has 2 amide bonds. The summed E-state index contributed by atoms with van der Waals surface area (Å²) in [7, 11) is 1.31. The minimum Gasteiger partial charge on any atom is -0.280 e. The molecule has 5 nitrogen and oxygen atoms in total. The fourth-order valence-corrected chi connectivity index (χ4v) is 1.50. The Morgan fingerprint density at radius 3 is 2.58 bits per heavy atom. The molecule has 0 saturated heterocycles. The molecule has 9 heteroatoms. The van der Waals surface area contributed by atoms with Crippen molar-refractivity contribution in [1.82, 2.24) is 9.99 Å². The number of carbonyl (C=O) groups excluding carboxylic acids is 1. The Bertz CT molecular complexity index is 463. The van der Waals surface area contributed by atoms with E-state index >= 15 is 0 Å². The van der Waals surface area contributed by atoms with E-state index in [0.29, 0.717) is 0 Å². The van der Waals surface area contributed by atoms with Crippen molar-refractivity contribution in [3.63, 3.8) is 0 Å². The third-order valence-electron chi connectivity index (χ3n) is 2.06. The van der Waals surface area contributed by atoms with Crippen molar-refractivity contribution in [2.24, 2.45) is 5.10 Å². The average Bonchev–Trinajstić information content (AvgIpc) is 2.34. The maximum Gasteiger partial charge on any atom is 0.408 e. The summed E-state index contributed by atoms with van der Waals surface area (Å²) in [5.74, 6) is 0.223. The van der Waals surface area contributed by atoms with Gasteiger partial charge in [0.05, 0.1) is 0 Å². The second kappa shape index (κ2) is 6.17. The van der Waals surface area contributed by atoms with Crippen molar-refractivity contribution in [3.8, 4) is 0 Å². The van der Waals surface area contributed by atoms with E-state index in [1.165, 1.54) is 19.3 Å². The summed E-state index contributed by atoms with van der Waals surface area (Å²) in [6.07, 6.45) is -3.05. The topological polar surface area (TPSA) is 48.8 Å². The number of alkyl halides is 3. The Balaban J connectivity index is 2.85. The molecule has 19 heavy (non-hydrogen) atoms. The van der Waals surface area contributed by atoms with Gasteiger partial charge in [-0.05, 0) is 34.7 Å². The lowest BCUT2D eigenvalue weighted by Crippen LogP contribution is -2.42. The maximum atomic E-state index is 12.3. The van der Waals surface area contributed by atoms with Crippen molar-refractivity contribution in [2.45, 2.75) is 6.18 Å². The van der Waals surface area contributed by atoms with Crippen LogP contribution >= 0.6 is 22.6 Å². The first-order valence-electron chi connectivity index (χ1n) is 4.95. The smallest absolute Gasteiger partial charge is 0.280 e. The minimum absolute atomic E-state index is 0.223. The standard InChI is InChI=1S/C10H10F3IN4O/c1-15-18(6-10(11,12)13)9(19)17(2)8-4-3-7(14)5-16-8/h3-5H,1,6H2,2H3. The summed E-state index contributed by atoms with van der Waals surface area (Å²) in [5, 5.41) is 3.32. The van der Waals surface area contributed by atoms with E-state index in [9.17, 15) is 18.0 Å². The molecule has 0 radical (unpaired) electrons. The van der Waals surface area contributed by atoms with E-state index in [4.69, 9.17) is 0 Å². The van der Waals surface area contributed by atoms with Crippen molar-refractivity contribution in [2.75, 3.05) is 18.5 Å². The van der Waals surface area contributed by atoms with Crippen LogP contribution in [0.2, 0.25) is 0 Å². The van der Waals surface area contributed by atoms with Gasteiger partial charge >= 0.3 is 12.2 Å². The maximum absolute atomic E-state index is 12.3. The first-order chi connectivity index (χ1) is 8.74. The molecule has 1 rings (SSSR count). The molecule has 0 bridgehead atoms. The predicted octanol–water partition coefficient (Wildman–Crippen LogP) is 2.72. The van der Waals surface area contributed by atoms with Crippen LogP contribution in [0.25, 0.3) is 0 Å². The number of hydrazone groups is 1. The number of urea groups is 1. The molecule has 0 atom stereocenters. The number of anilines is 1. The summed E-state index contributed by atoms with van der Waals surface area (Å²) in [6, 6.07) is 2.25. The SMILES string of the molecule is C=NN(CC(F)(F)F)C(=O)N(C)c1ccc(I)cn1. The molecule has 0 N–H and O–H groups in total. The van der Waals surface area contributed by atoms with Gasteiger partial charge in [0.1, 0.15) is 12.4 Å². The summed E-state index contributed by atoms with van der Waals surface area (Å²) in [4.78, 5) is 16.7. The van der Waals surface area contributed by atoms with Crippen molar-refractivity contribution < 1.29 is 18.0 Å². The Kier molecular flexibility index (Phi) is 5.09. The Morgan fingerprint density at radius 1 is 1.53 bits per heavy atom. The molecule has 1 heterocycles. The number of carbonyl (C=O) groups is 1. The Hall–Kier alpha value is -1.39. The molecule has 0 aromatic carbocycles. The van der Waals surface area contributed by atoms with Crippen LogP contribution in [0.15, 0.2) is 23.4 Å². The fourth-order valence-electron chi connectivity index (χ4n) is 1.19. The van der Waals surface area contributed by atoms with Gasteiger partial charge < -0.3 is 0 Å². The average molecular weight is 386 g/mol. The van der Waals surface area contributed by atoms with Gasteiger partial charge in [0, 0.05) is 23.5 Å². The Morgan fingerprint density at radius 2 is 2.16 bits per heavy atom. The van der Waals surface area contributed by atoms with Gasteiger partial charge in [0.2, 0.25) is 0 Å². The van der Waals surface area contributed by atoms with Gasteiger partial charge in [-0.15, -0.1) is 0 Å². The van der Waals surface area contributed by atoms with Crippen molar-refractivity contribution in [3.05, 3.63) is 21.9 Å². The number of hydrogen-bond donors (Lipinski definition) is 0. The van der Waals surface area contributed by atoms with Crippen LogP contribution in [0.3, 0.4) is 0 Å². The summed E-state index contributed by atoms with van der Waals surface area (Å²) in [5.41, 5.74) is 0. The van der Waals surface area contributed by atoms with E-state index < -0.39 is 18.8 Å². The highest BCUT2D eigenvalue weighted by atomic mass is 127. The van der Waals surface area contributed by atoms with Gasteiger partial charge in [-0.3, -0.25) is 4.90 Å². The normalized spacial score (nSPS) is 11.0. The van der Waals surface area contributed by atoms with Crippen LogP contribution < -0.4 is 4.90 Å². The zero-order valence-electron chi connectivity index (χ0n) is 9.86.